The summed E-state index contributed by atoms with van der Waals surface area (Å²) < 4.78 is 28.5. The quantitative estimate of drug-likeness (QED) is 0.0356. The Bertz CT molecular complexity index is 2040. The van der Waals surface area contributed by atoms with Crippen LogP contribution in [0.25, 0.3) is 0 Å². The molecule has 60 heavy (non-hydrogen) atoms. The number of ether oxygens (including phenoxy) is 5. The Morgan fingerprint density at radius 1 is 0.717 bits per heavy atom. The molecule has 0 saturated heterocycles. The normalized spacial score (nSPS) is 19.6. The average molecular weight is 841 g/mol. The fourth-order valence-corrected chi connectivity index (χ4v) is 7.01. The van der Waals surface area contributed by atoms with Crippen LogP contribution in [-0.2, 0) is 38.1 Å². The van der Waals surface area contributed by atoms with Crippen molar-refractivity contribution in [2.75, 3.05) is 13.7 Å². The third-order valence-electron chi connectivity index (χ3n) is 10.00. The van der Waals surface area contributed by atoms with Crippen molar-refractivity contribution in [3.8, 4) is 5.75 Å². The van der Waals surface area contributed by atoms with E-state index in [1.807, 2.05) is 12.2 Å². The number of allylic oxidation sites excluding steroid dienone is 2. The number of unbranched alkanes of at least 4 members (excludes halogenated alkanes) is 1. The van der Waals surface area contributed by atoms with Crippen LogP contribution in [0.2, 0.25) is 5.02 Å². The molecule has 1 saturated carbocycles. The largest absolute Gasteiger partial charge is 0.489 e. The molecule has 0 spiro atoms. The highest BCUT2D eigenvalue weighted by molar-refractivity contribution is 6.30. The van der Waals surface area contributed by atoms with E-state index >= 15 is 0 Å². The second kappa shape index (κ2) is 23.1. The number of halogens is 1. The van der Waals surface area contributed by atoms with E-state index in [0.29, 0.717) is 40.3 Å². The van der Waals surface area contributed by atoms with Crippen LogP contribution in [0.3, 0.4) is 0 Å². The minimum absolute atomic E-state index is 0.00740. The van der Waals surface area contributed by atoms with E-state index in [-0.39, 0.29) is 31.8 Å². The second-order valence-corrected chi connectivity index (χ2v) is 14.6. The molecule has 0 amide bonds. The highest BCUT2D eigenvalue weighted by Crippen LogP contribution is 2.41. The van der Waals surface area contributed by atoms with Gasteiger partial charge >= 0.3 is 23.9 Å². The van der Waals surface area contributed by atoms with Crippen molar-refractivity contribution >= 4 is 35.5 Å². The molecule has 13 heteroatoms. The maximum Gasteiger partial charge on any atom is 0.340 e. The molecule has 1 aliphatic carbocycles. The Kier molecular flexibility index (Phi) is 17.5. The van der Waals surface area contributed by atoms with Gasteiger partial charge in [0.05, 0.1) is 7.11 Å². The van der Waals surface area contributed by atoms with E-state index in [9.17, 15) is 34.5 Å². The lowest BCUT2D eigenvalue weighted by atomic mass is 9.89. The average Bonchev–Trinajstić information content (AvgIpc) is 3.59. The Hall–Kier alpha value is -5.79. The Morgan fingerprint density at radius 2 is 1.27 bits per heavy atom. The number of benzene rings is 4. The molecule has 12 nitrogen and oxygen atoms in total. The summed E-state index contributed by atoms with van der Waals surface area (Å²) in [6.45, 7) is -0.208. The van der Waals surface area contributed by atoms with Gasteiger partial charge in [-0.1, -0.05) is 127 Å². The number of aliphatic hydroxyl groups is 3. The molecular weight excluding hydrogens is 792 g/mol. The van der Waals surface area contributed by atoms with E-state index in [4.69, 9.17) is 35.3 Å². The van der Waals surface area contributed by atoms with Gasteiger partial charge in [0.1, 0.15) is 24.6 Å². The van der Waals surface area contributed by atoms with Gasteiger partial charge in [0.25, 0.3) is 0 Å². The number of esters is 4. The molecule has 0 heterocycles. The fourth-order valence-electron chi connectivity index (χ4n) is 6.83. The number of aliphatic hydroxyl groups excluding tert-OH is 3. The summed E-state index contributed by atoms with van der Waals surface area (Å²) in [7, 11) is 1.32. The molecule has 1 aliphatic rings. The van der Waals surface area contributed by atoms with Crippen LogP contribution in [-0.4, -0.2) is 71.2 Å². The fraction of sp³-hybridized carbons (Fsp3) is 0.319. The molecule has 0 bridgehead atoms. The third-order valence-corrected chi connectivity index (χ3v) is 10.2. The van der Waals surface area contributed by atoms with Crippen LogP contribution in [0.15, 0.2) is 140 Å². The molecule has 8 atom stereocenters. The topological polar surface area (TPSA) is 175 Å². The van der Waals surface area contributed by atoms with Crippen molar-refractivity contribution in [2.24, 2.45) is 11.8 Å². The van der Waals surface area contributed by atoms with Gasteiger partial charge < -0.3 is 39.0 Å². The van der Waals surface area contributed by atoms with Crippen molar-refractivity contribution in [1.29, 1.82) is 0 Å². The molecule has 0 aromatic heterocycles. The minimum atomic E-state index is -1.62. The first kappa shape index (κ1) is 45.3. The van der Waals surface area contributed by atoms with Gasteiger partial charge in [0.15, 0.2) is 24.4 Å². The van der Waals surface area contributed by atoms with Gasteiger partial charge in [-0.15, -0.1) is 0 Å². The van der Waals surface area contributed by atoms with Crippen LogP contribution in [0.5, 0.6) is 5.75 Å². The zero-order valence-electron chi connectivity index (χ0n) is 33.0. The zero-order chi connectivity index (χ0) is 42.9. The van der Waals surface area contributed by atoms with Gasteiger partial charge in [0, 0.05) is 29.7 Å². The van der Waals surface area contributed by atoms with Gasteiger partial charge in [-0.3, -0.25) is 4.79 Å². The summed E-state index contributed by atoms with van der Waals surface area (Å²) in [5.74, 6) is -4.01. The lowest BCUT2D eigenvalue weighted by Gasteiger charge is -2.25. The number of hydrogen-bond donors (Lipinski definition) is 3. The molecule has 0 radical (unpaired) electrons. The van der Waals surface area contributed by atoms with Crippen LogP contribution in [0.4, 0.5) is 0 Å². The van der Waals surface area contributed by atoms with Crippen molar-refractivity contribution in [3.05, 3.63) is 161 Å². The maximum absolute atomic E-state index is 13.5. The predicted molar refractivity (Wildman–Crippen MR) is 221 cm³/mol. The number of methoxy groups -OCH3 is 1. The van der Waals surface area contributed by atoms with Crippen molar-refractivity contribution in [2.45, 2.75) is 68.7 Å². The lowest BCUT2D eigenvalue weighted by molar-refractivity contribution is -0.163. The third kappa shape index (κ3) is 13.4. The molecule has 4 aromatic carbocycles. The second-order valence-electron chi connectivity index (χ2n) is 14.2. The van der Waals surface area contributed by atoms with E-state index in [0.717, 1.165) is 0 Å². The Labute approximate surface area is 354 Å². The van der Waals surface area contributed by atoms with Crippen molar-refractivity contribution < 1.29 is 58.2 Å². The van der Waals surface area contributed by atoms with E-state index < -0.39 is 66.4 Å². The molecule has 0 unspecified atom stereocenters. The zero-order valence-corrected chi connectivity index (χ0v) is 33.8. The number of rotatable bonds is 20. The highest BCUT2D eigenvalue weighted by Gasteiger charge is 2.47. The summed E-state index contributed by atoms with van der Waals surface area (Å²) >= 11 is 6.18. The molecule has 0 aliphatic heterocycles. The lowest BCUT2D eigenvalue weighted by Crippen LogP contribution is -2.30. The van der Waals surface area contributed by atoms with Crippen LogP contribution in [0, 0.1) is 11.8 Å². The van der Waals surface area contributed by atoms with E-state index in [2.05, 4.69) is 0 Å². The van der Waals surface area contributed by atoms with Gasteiger partial charge in [0.2, 0.25) is 0 Å². The van der Waals surface area contributed by atoms with E-state index in [1.165, 1.54) is 7.11 Å². The Balaban J connectivity index is 1.47. The van der Waals surface area contributed by atoms with Crippen molar-refractivity contribution in [1.82, 2.24) is 0 Å². The first-order valence-corrected chi connectivity index (χ1v) is 20.0. The molecule has 1 fully saturated rings. The molecular formula is C47H49ClO12. The first-order chi connectivity index (χ1) is 29.0. The summed E-state index contributed by atoms with van der Waals surface area (Å²) in [5.41, 5.74) is 0.964. The summed E-state index contributed by atoms with van der Waals surface area (Å²) in [6.07, 6.45) is 0.770. The minimum Gasteiger partial charge on any atom is -0.489 e. The maximum atomic E-state index is 13.5. The van der Waals surface area contributed by atoms with Gasteiger partial charge in [-0.2, -0.15) is 0 Å². The van der Waals surface area contributed by atoms with Crippen LogP contribution in [0.1, 0.15) is 67.1 Å². The monoisotopic (exact) mass is 840 g/mol. The summed E-state index contributed by atoms with van der Waals surface area (Å²) in [6, 6.07) is 31.5. The number of carbonyl (C=O) groups excluding carboxylic acids is 4. The molecule has 316 valence electrons. The van der Waals surface area contributed by atoms with Crippen LogP contribution >= 0.6 is 11.6 Å². The molecule has 5 rings (SSSR count). The highest BCUT2D eigenvalue weighted by atomic mass is 35.5. The van der Waals surface area contributed by atoms with E-state index in [1.54, 1.807) is 127 Å². The summed E-state index contributed by atoms with van der Waals surface area (Å²) in [5, 5.41) is 33.2. The van der Waals surface area contributed by atoms with Gasteiger partial charge in [-0.25, -0.2) is 14.4 Å². The smallest absolute Gasteiger partial charge is 0.340 e. The first-order valence-electron chi connectivity index (χ1n) is 19.6. The molecule has 3 N–H and O–H groups in total. The Morgan fingerprint density at radius 3 is 1.82 bits per heavy atom. The van der Waals surface area contributed by atoms with Gasteiger partial charge in [-0.05, 0) is 60.2 Å². The standard InChI is InChI=1S/C47H49ClO12/c1-56-41(49)25-14-3-2-13-24-37-38(27-26-36(30-57-35-23-15-22-34(48)28-35)58-45(53)42(50)31-16-7-4-8-17-31)40(60-47(55)44(52)33-20-11-6-12-21-33)29-39(37)59-46(54)43(51)32-18-9-5-10-19-32/h2,4-13,15-23,26-28,36-40,42-44,50-52H,3,14,24-25,29-30H2,1H3/b13-2-,27-26+/t36-,37-,38-,39+,40-,42-,43-,44-/m1/s1. The van der Waals surface area contributed by atoms with Crippen molar-refractivity contribution in [3.63, 3.8) is 0 Å². The number of hydrogen-bond acceptors (Lipinski definition) is 12. The van der Waals surface area contributed by atoms with Crippen LogP contribution < -0.4 is 4.74 Å². The summed E-state index contributed by atoms with van der Waals surface area (Å²) in [4.78, 5) is 52.0. The SMILES string of the molecule is COC(=O)CCC/C=C\C[C@@H]1[C@@H](/C=C/[C@H](COc2cccc(Cl)c2)OC(=O)[C@H](O)c2ccccc2)[C@H](OC(=O)[C@H](O)c2ccccc2)C[C@@H]1OC(=O)[C@H](O)c1ccccc1. The molecule has 4 aromatic rings. The predicted octanol–water partition coefficient (Wildman–Crippen LogP) is 7.14. The number of carbonyl (C=O) groups is 4.